The molecule has 1 heterocycles. The Balaban J connectivity index is 1.91. The van der Waals surface area contributed by atoms with Gasteiger partial charge in [0.05, 0.1) is 10.5 Å². The smallest absolute Gasteiger partial charge is 0.337 e. The molecule has 0 saturated heterocycles. The van der Waals surface area contributed by atoms with Gasteiger partial charge >= 0.3 is 11.7 Å². The molecule has 1 aliphatic carbocycles. The minimum atomic E-state index is -1.24. The van der Waals surface area contributed by atoms with E-state index in [9.17, 15) is 14.9 Å². The van der Waals surface area contributed by atoms with Crippen molar-refractivity contribution in [1.82, 2.24) is 10.3 Å². The van der Waals surface area contributed by atoms with E-state index in [1.165, 1.54) is 12.8 Å². The number of rotatable bonds is 8. The SMILES string of the molecule is O=C(O)c1cnc(NCCCNC2CC2)c([N+](=O)[O-])c1. The topological polar surface area (TPSA) is 117 Å². The molecule has 108 valence electrons. The van der Waals surface area contributed by atoms with E-state index >= 15 is 0 Å². The Bertz CT molecular complexity index is 516. The third-order valence-electron chi connectivity index (χ3n) is 2.97. The van der Waals surface area contributed by atoms with Gasteiger partial charge in [0, 0.05) is 24.8 Å². The first-order valence-corrected chi connectivity index (χ1v) is 6.43. The van der Waals surface area contributed by atoms with Crippen LogP contribution in [0.3, 0.4) is 0 Å². The monoisotopic (exact) mass is 280 g/mol. The highest BCUT2D eigenvalue weighted by Crippen LogP contribution is 2.22. The van der Waals surface area contributed by atoms with Gasteiger partial charge < -0.3 is 15.7 Å². The number of carboxylic acids is 1. The van der Waals surface area contributed by atoms with Crippen molar-refractivity contribution in [2.45, 2.75) is 25.3 Å². The molecule has 20 heavy (non-hydrogen) atoms. The second kappa shape index (κ2) is 6.29. The Morgan fingerprint density at radius 1 is 1.50 bits per heavy atom. The summed E-state index contributed by atoms with van der Waals surface area (Å²) in [5, 5.41) is 25.9. The summed E-state index contributed by atoms with van der Waals surface area (Å²) in [6, 6.07) is 1.65. The third kappa shape index (κ3) is 3.89. The molecule has 0 amide bonds. The molecule has 2 rings (SSSR count). The van der Waals surface area contributed by atoms with Gasteiger partial charge in [-0.1, -0.05) is 0 Å². The van der Waals surface area contributed by atoms with E-state index in [1.807, 2.05) is 0 Å². The molecule has 3 N–H and O–H groups in total. The molecule has 1 aliphatic rings. The number of nitrogens with zero attached hydrogens (tertiary/aromatic N) is 2. The van der Waals surface area contributed by atoms with Gasteiger partial charge in [-0.25, -0.2) is 9.78 Å². The molecule has 1 aromatic heterocycles. The van der Waals surface area contributed by atoms with Crippen molar-refractivity contribution in [3.05, 3.63) is 27.9 Å². The van der Waals surface area contributed by atoms with Crippen molar-refractivity contribution >= 4 is 17.5 Å². The number of nitrogens with one attached hydrogen (secondary N) is 2. The van der Waals surface area contributed by atoms with Gasteiger partial charge in [-0.05, 0) is 25.8 Å². The number of carboxylic acid groups (broad SMARTS) is 1. The molecule has 0 unspecified atom stereocenters. The van der Waals surface area contributed by atoms with Gasteiger partial charge in [-0.3, -0.25) is 10.1 Å². The molecule has 0 aliphatic heterocycles. The van der Waals surface area contributed by atoms with Gasteiger partial charge in [-0.15, -0.1) is 0 Å². The van der Waals surface area contributed by atoms with Crippen LogP contribution in [0.4, 0.5) is 11.5 Å². The Hall–Kier alpha value is -2.22. The maximum absolute atomic E-state index is 10.9. The minimum absolute atomic E-state index is 0.103. The van der Waals surface area contributed by atoms with Crippen LogP contribution in [0.2, 0.25) is 0 Å². The van der Waals surface area contributed by atoms with Gasteiger partial charge in [-0.2, -0.15) is 0 Å². The number of pyridine rings is 1. The molecule has 0 aromatic carbocycles. The van der Waals surface area contributed by atoms with Crippen LogP contribution < -0.4 is 10.6 Å². The van der Waals surface area contributed by atoms with Crippen LogP contribution in [0.25, 0.3) is 0 Å². The fourth-order valence-corrected chi connectivity index (χ4v) is 1.73. The normalized spacial score (nSPS) is 14.0. The lowest BCUT2D eigenvalue weighted by molar-refractivity contribution is -0.384. The van der Waals surface area contributed by atoms with Gasteiger partial charge in [0.1, 0.15) is 0 Å². The van der Waals surface area contributed by atoms with Crippen LogP contribution in [0.5, 0.6) is 0 Å². The van der Waals surface area contributed by atoms with Crippen molar-refractivity contribution < 1.29 is 14.8 Å². The Kier molecular flexibility index (Phi) is 4.46. The van der Waals surface area contributed by atoms with E-state index in [4.69, 9.17) is 5.11 Å². The molecule has 0 radical (unpaired) electrons. The molecule has 8 nitrogen and oxygen atoms in total. The Morgan fingerprint density at radius 3 is 2.85 bits per heavy atom. The summed E-state index contributed by atoms with van der Waals surface area (Å²) in [6.45, 7) is 1.39. The predicted molar refractivity (Wildman–Crippen MR) is 72.0 cm³/mol. The average molecular weight is 280 g/mol. The highest BCUT2D eigenvalue weighted by molar-refractivity contribution is 5.88. The van der Waals surface area contributed by atoms with Gasteiger partial charge in [0.15, 0.2) is 0 Å². The third-order valence-corrected chi connectivity index (χ3v) is 2.97. The maximum atomic E-state index is 10.9. The molecule has 0 bridgehead atoms. The van der Waals surface area contributed by atoms with E-state index in [2.05, 4.69) is 15.6 Å². The lowest BCUT2D eigenvalue weighted by atomic mass is 10.2. The number of carbonyl (C=O) groups is 1. The number of anilines is 1. The summed E-state index contributed by atoms with van der Waals surface area (Å²) in [5.74, 6) is -1.13. The van der Waals surface area contributed by atoms with Crippen LogP contribution in [0, 0.1) is 10.1 Å². The molecule has 0 spiro atoms. The zero-order valence-corrected chi connectivity index (χ0v) is 10.8. The molecule has 1 aromatic rings. The number of aromatic nitrogens is 1. The van der Waals surface area contributed by atoms with Crippen LogP contribution >= 0.6 is 0 Å². The van der Waals surface area contributed by atoms with Gasteiger partial charge in [0.2, 0.25) is 5.82 Å². The minimum Gasteiger partial charge on any atom is -0.478 e. The molecule has 1 fully saturated rings. The van der Waals surface area contributed by atoms with E-state index in [0.29, 0.717) is 12.6 Å². The van der Waals surface area contributed by atoms with Crippen molar-refractivity contribution in [3.8, 4) is 0 Å². The van der Waals surface area contributed by atoms with Crippen LogP contribution in [0.15, 0.2) is 12.3 Å². The molecule has 8 heteroatoms. The maximum Gasteiger partial charge on any atom is 0.337 e. The largest absolute Gasteiger partial charge is 0.478 e. The summed E-state index contributed by atoms with van der Waals surface area (Å²) < 4.78 is 0. The number of aromatic carboxylic acids is 1. The fraction of sp³-hybridized carbons (Fsp3) is 0.500. The zero-order valence-electron chi connectivity index (χ0n) is 10.8. The molecular weight excluding hydrogens is 264 g/mol. The van der Waals surface area contributed by atoms with Gasteiger partial charge in [0.25, 0.3) is 0 Å². The lowest BCUT2D eigenvalue weighted by Crippen LogP contribution is -2.20. The summed E-state index contributed by atoms with van der Waals surface area (Å²) in [5.41, 5.74) is -0.516. The van der Waals surface area contributed by atoms with E-state index in [-0.39, 0.29) is 17.1 Å². The first-order chi connectivity index (χ1) is 9.58. The number of hydrogen-bond donors (Lipinski definition) is 3. The first-order valence-electron chi connectivity index (χ1n) is 6.43. The second-order valence-corrected chi connectivity index (χ2v) is 4.66. The highest BCUT2D eigenvalue weighted by Gasteiger charge is 2.20. The second-order valence-electron chi connectivity index (χ2n) is 4.66. The standard InChI is InChI=1S/C12H16N4O4/c17-12(18)8-6-10(16(19)20)11(15-7-8)14-5-1-4-13-9-2-3-9/h6-7,9,13H,1-5H2,(H,14,15)(H,17,18). The predicted octanol–water partition coefficient (Wildman–Crippen LogP) is 1.24. The van der Waals surface area contributed by atoms with Crippen molar-refractivity contribution in [1.29, 1.82) is 0 Å². The quantitative estimate of drug-likeness (QED) is 0.372. The first kappa shape index (κ1) is 14.2. The average Bonchev–Trinajstić information content (AvgIpc) is 3.22. The van der Waals surface area contributed by atoms with E-state index in [0.717, 1.165) is 25.2 Å². The lowest BCUT2D eigenvalue weighted by Gasteiger charge is -2.07. The molecular formula is C12H16N4O4. The molecule has 1 saturated carbocycles. The summed E-state index contributed by atoms with van der Waals surface area (Å²) in [6.07, 6.45) is 4.37. The summed E-state index contributed by atoms with van der Waals surface area (Å²) in [4.78, 5) is 24.8. The summed E-state index contributed by atoms with van der Waals surface area (Å²) in [7, 11) is 0. The van der Waals surface area contributed by atoms with Crippen LogP contribution in [0.1, 0.15) is 29.6 Å². The van der Waals surface area contributed by atoms with Crippen LogP contribution in [-0.2, 0) is 0 Å². The molecule has 0 atom stereocenters. The highest BCUT2D eigenvalue weighted by atomic mass is 16.6. The van der Waals surface area contributed by atoms with Crippen molar-refractivity contribution in [2.75, 3.05) is 18.4 Å². The Morgan fingerprint density at radius 2 is 2.25 bits per heavy atom. The zero-order chi connectivity index (χ0) is 14.5. The van der Waals surface area contributed by atoms with E-state index < -0.39 is 10.9 Å². The van der Waals surface area contributed by atoms with E-state index in [1.54, 1.807) is 0 Å². The van der Waals surface area contributed by atoms with Crippen molar-refractivity contribution in [2.24, 2.45) is 0 Å². The van der Waals surface area contributed by atoms with Crippen LogP contribution in [-0.4, -0.2) is 40.1 Å². The van der Waals surface area contributed by atoms with Crippen molar-refractivity contribution in [3.63, 3.8) is 0 Å². The Labute approximate surface area is 115 Å². The number of hydrogen-bond acceptors (Lipinski definition) is 6. The fourth-order valence-electron chi connectivity index (χ4n) is 1.73. The summed E-state index contributed by atoms with van der Waals surface area (Å²) >= 11 is 0. The number of nitro groups is 1.